The Labute approximate surface area is 126 Å². The normalized spacial score (nSPS) is 12.6. The van der Waals surface area contributed by atoms with Crippen LogP contribution in [-0.4, -0.2) is 11.5 Å². The number of hydrogen-bond donors (Lipinski definition) is 1. The average Bonchev–Trinajstić information content (AvgIpc) is 2.42. The highest BCUT2D eigenvalue weighted by atomic mass is 79.9. The molecular formula is C16H27BrN2. The molecule has 0 bridgehead atoms. The van der Waals surface area contributed by atoms with Crippen molar-refractivity contribution in [2.24, 2.45) is 0 Å². The molecular weight excluding hydrogens is 300 g/mol. The minimum absolute atomic E-state index is 0.407. The molecule has 0 aromatic carbocycles. The van der Waals surface area contributed by atoms with Crippen LogP contribution in [0.5, 0.6) is 0 Å². The standard InChI is InChI=1S/C16H27BrN2/c1-3-5-6-7-8-9-10-15(18-4-2)16-12-11-14(17)13-19-16/h11-13,15,18H,3-10H2,1-2H3. The van der Waals surface area contributed by atoms with Crippen molar-refractivity contribution < 1.29 is 0 Å². The van der Waals surface area contributed by atoms with Crippen LogP contribution in [0, 0.1) is 0 Å². The summed E-state index contributed by atoms with van der Waals surface area (Å²) >= 11 is 3.44. The van der Waals surface area contributed by atoms with Gasteiger partial charge in [-0.1, -0.05) is 52.4 Å². The lowest BCUT2D eigenvalue weighted by Gasteiger charge is -2.17. The lowest BCUT2D eigenvalue weighted by molar-refractivity contribution is 0.468. The van der Waals surface area contributed by atoms with Crippen molar-refractivity contribution in [2.75, 3.05) is 6.54 Å². The summed E-state index contributed by atoms with van der Waals surface area (Å²) < 4.78 is 1.05. The highest BCUT2D eigenvalue weighted by Crippen LogP contribution is 2.20. The van der Waals surface area contributed by atoms with E-state index in [-0.39, 0.29) is 0 Å². The second kappa shape index (κ2) is 10.4. The third kappa shape index (κ3) is 7.07. The summed E-state index contributed by atoms with van der Waals surface area (Å²) in [6.45, 7) is 5.42. The molecule has 2 nitrogen and oxygen atoms in total. The number of nitrogens with zero attached hydrogens (tertiary/aromatic N) is 1. The first-order valence-electron chi connectivity index (χ1n) is 7.62. The van der Waals surface area contributed by atoms with Crippen molar-refractivity contribution in [2.45, 2.75) is 64.8 Å². The Balaban J connectivity index is 2.34. The summed E-state index contributed by atoms with van der Waals surface area (Å²) in [5.41, 5.74) is 1.17. The van der Waals surface area contributed by atoms with Crippen LogP contribution in [0.15, 0.2) is 22.8 Å². The minimum Gasteiger partial charge on any atom is -0.309 e. The number of unbranched alkanes of at least 4 members (excludes halogenated alkanes) is 5. The smallest absolute Gasteiger partial charge is 0.0574 e. The Morgan fingerprint density at radius 1 is 1.11 bits per heavy atom. The molecule has 1 unspecified atom stereocenters. The van der Waals surface area contributed by atoms with Crippen molar-refractivity contribution >= 4 is 15.9 Å². The average molecular weight is 327 g/mol. The molecule has 0 aliphatic carbocycles. The third-order valence-corrected chi connectivity index (χ3v) is 3.87. The number of rotatable bonds is 10. The van der Waals surface area contributed by atoms with Gasteiger partial charge in [-0.05, 0) is 41.0 Å². The second-order valence-corrected chi connectivity index (χ2v) is 5.98. The van der Waals surface area contributed by atoms with Gasteiger partial charge in [-0.15, -0.1) is 0 Å². The number of halogens is 1. The van der Waals surface area contributed by atoms with Crippen LogP contribution in [0.25, 0.3) is 0 Å². The molecule has 1 N–H and O–H groups in total. The largest absolute Gasteiger partial charge is 0.309 e. The van der Waals surface area contributed by atoms with E-state index < -0.39 is 0 Å². The van der Waals surface area contributed by atoms with E-state index in [1.54, 1.807) is 0 Å². The van der Waals surface area contributed by atoms with Crippen molar-refractivity contribution in [3.63, 3.8) is 0 Å². The predicted molar refractivity (Wildman–Crippen MR) is 86.3 cm³/mol. The van der Waals surface area contributed by atoms with E-state index in [4.69, 9.17) is 0 Å². The second-order valence-electron chi connectivity index (χ2n) is 5.07. The summed E-state index contributed by atoms with van der Waals surface area (Å²) in [5.74, 6) is 0. The van der Waals surface area contributed by atoms with Crippen LogP contribution >= 0.6 is 15.9 Å². The lowest BCUT2D eigenvalue weighted by atomic mass is 10.0. The Kier molecular flexibility index (Phi) is 9.10. The molecule has 1 aromatic rings. The van der Waals surface area contributed by atoms with Gasteiger partial charge in [0.2, 0.25) is 0 Å². The maximum Gasteiger partial charge on any atom is 0.0574 e. The fourth-order valence-corrected chi connectivity index (χ4v) is 2.56. The molecule has 0 radical (unpaired) electrons. The van der Waals surface area contributed by atoms with E-state index in [2.05, 4.69) is 52.2 Å². The summed E-state index contributed by atoms with van der Waals surface area (Å²) in [5, 5.41) is 3.54. The van der Waals surface area contributed by atoms with Crippen molar-refractivity contribution in [3.05, 3.63) is 28.5 Å². The maximum atomic E-state index is 4.52. The molecule has 108 valence electrons. The van der Waals surface area contributed by atoms with Gasteiger partial charge in [-0.25, -0.2) is 0 Å². The van der Waals surface area contributed by atoms with Gasteiger partial charge in [0.15, 0.2) is 0 Å². The van der Waals surface area contributed by atoms with Gasteiger partial charge in [0.05, 0.1) is 5.69 Å². The van der Waals surface area contributed by atoms with E-state index >= 15 is 0 Å². The molecule has 0 saturated carbocycles. The molecule has 19 heavy (non-hydrogen) atoms. The van der Waals surface area contributed by atoms with Crippen LogP contribution in [0.4, 0.5) is 0 Å². The Morgan fingerprint density at radius 3 is 2.47 bits per heavy atom. The molecule has 1 atom stereocenters. The molecule has 0 aliphatic heterocycles. The van der Waals surface area contributed by atoms with Crippen LogP contribution < -0.4 is 5.32 Å². The van der Waals surface area contributed by atoms with Crippen LogP contribution in [0.2, 0.25) is 0 Å². The zero-order valence-electron chi connectivity index (χ0n) is 12.3. The highest BCUT2D eigenvalue weighted by molar-refractivity contribution is 9.10. The molecule has 1 aromatic heterocycles. The Bertz CT molecular complexity index is 324. The molecule has 1 heterocycles. The number of hydrogen-bond acceptors (Lipinski definition) is 2. The molecule has 0 amide bonds. The molecule has 0 fully saturated rings. The van der Waals surface area contributed by atoms with Gasteiger partial charge >= 0.3 is 0 Å². The Morgan fingerprint density at radius 2 is 1.84 bits per heavy atom. The highest BCUT2D eigenvalue weighted by Gasteiger charge is 2.10. The minimum atomic E-state index is 0.407. The van der Waals surface area contributed by atoms with Crippen molar-refractivity contribution in [3.8, 4) is 0 Å². The Hall–Kier alpha value is -0.410. The summed E-state index contributed by atoms with van der Waals surface area (Å²) in [7, 11) is 0. The van der Waals surface area contributed by atoms with Gasteiger partial charge in [0, 0.05) is 16.7 Å². The molecule has 3 heteroatoms. The summed E-state index contributed by atoms with van der Waals surface area (Å²) in [6, 6.07) is 4.60. The number of pyridine rings is 1. The predicted octanol–water partition coefficient (Wildman–Crippen LogP) is 5.25. The van der Waals surface area contributed by atoms with E-state index in [9.17, 15) is 0 Å². The molecule has 0 spiro atoms. The van der Waals surface area contributed by atoms with Gasteiger partial charge in [-0.3, -0.25) is 4.98 Å². The van der Waals surface area contributed by atoms with Crippen LogP contribution in [-0.2, 0) is 0 Å². The fourth-order valence-electron chi connectivity index (χ4n) is 2.32. The van der Waals surface area contributed by atoms with E-state index in [1.165, 1.54) is 50.6 Å². The van der Waals surface area contributed by atoms with Gasteiger partial charge in [0.25, 0.3) is 0 Å². The van der Waals surface area contributed by atoms with Crippen molar-refractivity contribution in [1.29, 1.82) is 0 Å². The number of aromatic nitrogens is 1. The quantitative estimate of drug-likeness (QED) is 0.594. The van der Waals surface area contributed by atoms with E-state index in [0.29, 0.717) is 6.04 Å². The van der Waals surface area contributed by atoms with Gasteiger partial charge in [-0.2, -0.15) is 0 Å². The molecule has 1 rings (SSSR count). The SMILES string of the molecule is CCCCCCCCC(NCC)c1ccc(Br)cn1. The zero-order chi connectivity index (χ0) is 13.9. The van der Waals surface area contributed by atoms with Crippen molar-refractivity contribution in [1.82, 2.24) is 10.3 Å². The maximum absolute atomic E-state index is 4.52. The third-order valence-electron chi connectivity index (χ3n) is 3.40. The lowest BCUT2D eigenvalue weighted by Crippen LogP contribution is -2.21. The molecule has 0 saturated heterocycles. The first kappa shape index (κ1) is 16.6. The van der Waals surface area contributed by atoms with E-state index in [0.717, 1.165) is 11.0 Å². The van der Waals surface area contributed by atoms with E-state index in [1.807, 2.05) is 6.20 Å². The van der Waals surface area contributed by atoms with Gasteiger partial charge in [0.1, 0.15) is 0 Å². The monoisotopic (exact) mass is 326 g/mol. The molecule has 0 aliphatic rings. The topological polar surface area (TPSA) is 24.9 Å². The summed E-state index contributed by atoms with van der Waals surface area (Å²) in [4.78, 5) is 4.52. The number of nitrogens with one attached hydrogen (secondary N) is 1. The first-order chi connectivity index (χ1) is 9.27. The van der Waals surface area contributed by atoms with Crippen LogP contribution in [0.1, 0.15) is 70.5 Å². The van der Waals surface area contributed by atoms with Crippen LogP contribution in [0.3, 0.4) is 0 Å². The summed E-state index contributed by atoms with van der Waals surface area (Å²) in [6.07, 6.45) is 11.2. The first-order valence-corrected chi connectivity index (χ1v) is 8.42. The van der Waals surface area contributed by atoms with Gasteiger partial charge < -0.3 is 5.32 Å². The zero-order valence-corrected chi connectivity index (χ0v) is 13.9. The fraction of sp³-hybridized carbons (Fsp3) is 0.688.